The second kappa shape index (κ2) is 11.5. The molecule has 0 spiro atoms. The molecule has 0 N–H and O–H groups in total. The summed E-state index contributed by atoms with van der Waals surface area (Å²) >= 11 is 11.9. The Hall–Kier alpha value is -1.90. The highest BCUT2D eigenvalue weighted by Gasteiger charge is 2.72. The quantitative estimate of drug-likeness (QED) is 0.108. The number of hydrogen-bond acceptors (Lipinski definition) is 4. The van der Waals surface area contributed by atoms with E-state index in [0.29, 0.717) is 24.3 Å². The molecule has 0 amide bonds. The van der Waals surface area contributed by atoms with Gasteiger partial charge in [-0.05, 0) is 118 Å². The van der Waals surface area contributed by atoms with E-state index in [1.165, 1.54) is 38.3 Å². The molecule has 0 aliphatic rings. The van der Waals surface area contributed by atoms with Crippen molar-refractivity contribution in [1.82, 2.24) is 0 Å². The summed E-state index contributed by atoms with van der Waals surface area (Å²) in [6.45, 7) is 1.28. The fraction of sp³-hybridized carbons (Fsp3) is 0.200. The third-order valence-corrected chi connectivity index (χ3v) is 7.97. The molecule has 0 heterocycles. The van der Waals surface area contributed by atoms with E-state index in [4.69, 9.17) is 9.47 Å². The predicted molar refractivity (Wildman–Crippen MR) is 145 cm³/mol. The van der Waals surface area contributed by atoms with E-state index >= 15 is 0 Å². The van der Waals surface area contributed by atoms with Crippen LogP contribution in [-0.2, 0) is 5.41 Å². The Balaban J connectivity index is 2.23. The number of Topliss-reactive ketones (excluding diaryl/α,β-unsaturated/α-hetero) is 1. The van der Waals surface area contributed by atoms with Gasteiger partial charge in [0.2, 0.25) is 5.41 Å². The van der Waals surface area contributed by atoms with Gasteiger partial charge in [-0.2, -0.15) is 26.3 Å². The van der Waals surface area contributed by atoms with Gasteiger partial charge in [0, 0.05) is 5.56 Å². The maximum Gasteiger partial charge on any atom is 0.411 e. The van der Waals surface area contributed by atoms with Crippen molar-refractivity contribution in [1.29, 1.82) is 0 Å². The molecule has 0 atom stereocenters. The molecule has 0 saturated heterocycles. The van der Waals surface area contributed by atoms with Gasteiger partial charge >= 0.3 is 18.3 Å². The van der Waals surface area contributed by atoms with Crippen LogP contribution in [0.2, 0.25) is 0 Å². The number of benzene rings is 3. The first kappa shape index (κ1) is 31.6. The number of ether oxygens (including phenoxy) is 2. The molecule has 3 aromatic rings. The molecular formula is C25H14Br4F6O4. The highest BCUT2D eigenvalue weighted by atomic mass is 79.9. The minimum absolute atomic E-state index is 0.00420. The second-order valence-electron chi connectivity index (χ2n) is 8.01. The summed E-state index contributed by atoms with van der Waals surface area (Å²) in [6, 6.07) is 8.01. The van der Waals surface area contributed by atoms with Gasteiger partial charge in [0.25, 0.3) is 0 Å². The van der Waals surface area contributed by atoms with Crippen LogP contribution in [0.3, 0.4) is 0 Å². The maximum atomic E-state index is 14.7. The molecule has 4 nitrogen and oxygen atoms in total. The Labute approximate surface area is 251 Å². The van der Waals surface area contributed by atoms with Crippen molar-refractivity contribution in [3.8, 4) is 11.5 Å². The Kier molecular flexibility index (Phi) is 9.35. The topological polar surface area (TPSA) is 52.6 Å². The zero-order valence-electron chi connectivity index (χ0n) is 19.5. The summed E-state index contributed by atoms with van der Waals surface area (Å²) in [4.78, 5) is 24.3. The zero-order chi connectivity index (χ0) is 29.5. The molecule has 3 aromatic carbocycles. The number of ketones is 1. The van der Waals surface area contributed by atoms with E-state index < -0.39 is 34.9 Å². The van der Waals surface area contributed by atoms with E-state index in [9.17, 15) is 35.9 Å². The van der Waals surface area contributed by atoms with E-state index in [1.54, 1.807) is 0 Å². The second-order valence-corrected chi connectivity index (χ2v) is 11.4. The normalized spacial score (nSPS) is 12.3. The first-order valence-corrected chi connectivity index (χ1v) is 13.6. The fourth-order valence-corrected chi connectivity index (χ4v) is 6.70. The molecule has 3 rings (SSSR count). The standard InChI is InChI=1S/C25H14Br4F6O4/c1-11(36)12-4-3-5-13(6-12)22(37)39-21-18(28)9-15(10-19(21)29)23(24(30,31)32,25(33,34)35)14-7-16(26)20(38-2)17(27)8-14/h3-10H,1-2H3. The lowest BCUT2D eigenvalue weighted by Gasteiger charge is -2.39. The first-order valence-electron chi connectivity index (χ1n) is 10.4. The third-order valence-electron chi connectivity index (χ3n) is 5.62. The van der Waals surface area contributed by atoms with Crippen molar-refractivity contribution in [2.75, 3.05) is 7.11 Å². The molecule has 0 fully saturated rings. The highest BCUT2D eigenvalue weighted by molar-refractivity contribution is 9.11. The van der Waals surface area contributed by atoms with Crippen molar-refractivity contribution >= 4 is 75.5 Å². The van der Waals surface area contributed by atoms with Crippen LogP contribution in [0.15, 0.2) is 66.4 Å². The largest absolute Gasteiger partial charge is 0.494 e. The number of hydrogen-bond donors (Lipinski definition) is 0. The minimum atomic E-state index is -5.87. The number of carbonyl (C=O) groups excluding carboxylic acids is 2. The maximum absolute atomic E-state index is 14.7. The number of alkyl halides is 6. The van der Waals surface area contributed by atoms with Gasteiger partial charge < -0.3 is 9.47 Å². The average molecular weight is 812 g/mol. The zero-order valence-corrected chi connectivity index (χ0v) is 25.9. The van der Waals surface area contributed by atoms with E-state index in [0.717, 1.165) is 0 Å². The van der Waals surface area contributed by atoms with E-state index in [-0.39, 0.29) is 46.3 Å². The van der Waals surface area contributed by atoms with Gasteiger partial charge in [0.1, 0.15) is 5.75 Å². The van der Waals surface area contributed by atoms with Gasteiger partial charge in [-0.3, -0.25) is 4.79 Å². The van der Waals surface area contributed by atoms with Crippen molar-refractivity contribution in [3.63, 3.8) is 0 Å². The van der Waals surface area contributed by atoms with Crippen molar-refractivity contribution in [2.24, 2.45) is 0 Å². The molecule has 208 valence electrons. The summed E-state index contributed by atoms with van der Waals surface area (Å²) in [6.07, 6.45) is -11.7. The highest BCUT2D eigenvalue weighted by Crippen LogP contribution is 2.58. The van der Waals surface area contributed by atoms with Gasteiger partial charge in [-0.25, -0.2) is 4.79 Å². The Bertz CT molecular complexity index is 1390. The molecule has 0 radical (unpaired) electrons. The molecule has 0 saturated carbocycles. The van der Waals surface area contributed by atoms with Crippen LogP contribution in [0.1, 0.15) is 38.8 Å². The van der Waals surface area contributed by atoms with Gasteiger partial charge in [-0.1, -0.05) is 12.1 Å². The number of methoxy groups -OCH3 is 1. The fourth-order valence-electron chi connectivity index (χ4n) is 3.84. The smallest absolute Gasteiger partial charge is 0.411 e. The lowest BCUT2D eigenvalue weighted by atomic mass is 9.73. The molecule has 14 heteroatoms. The van der Waals surface area contributed by atoms with Crippen LogP contribution in [0.5, 0.6) is 11.5 Å². The average Bonchev–Trinajstić information content (AvgIpc) is 2.79. The monoisotopic (exact) mass is 808 g/mol. The lowest BCUT2D eigenvalue weighted by molar-refractivity contribution is -0.288. The first-order chi connectivity index (χ1) is 17.9. The van der Waals surface area contributed by atoms with E-state index in [1.807, 2.05) is 0 Å². The van der Waals surface area contributed by atoms with Crippen LogP contribution in [-0.4, -0.2) is 31.2 Å². The summed E-state index contributed by atoms with van der Waals surface area (Å²) in [7, 11) is 1.20. The SMILES string of the molecule is COc1c(Br)cc(C(c2cc(Br)c(OC(=O)c3cccc(C(C)=O)c3)c(Br)c2)(C(F)(F)F)C(F)(F)F)cc1Br. The number of carbonyl (C=O) groups is 2. The Morgan fingerprint density at radius 1 is 0.692 bits per heavy atom. The van der Waals surface area contributed by atoms with Gasteiger partial charge in [-0.15, -0.1) is 0 Å². The molecule has 0 unspecified atom stereocenters. The Morgan fingerprint density at radius 2 is 1.10 bits per heavy atom. The molecule has 0 bridgehead atoms. The molecule has 0 aliphatic heterocycles. The van der Waals surface area contributed by atoms with Crippen molar-refractivity contribution in [3.05, 3.63) is 88.7 Å². The minimum Gasteiger partial charge on any atom is -0.494 e. The van der Waals surface area contributed by atoms with Gasteiger partial charge in [0.15, 0.2) is 11.5 Å². The summed E-state index contributed by atoms with van der Waals surface area (Å²) in [5.74, 6) is -1.69. The molecular weight excluding hydrogens is 798 g/mol. The van der Waals surface area contributed by atoms with Crippen molar-refractivity contribution in [2.45, 2.75) is 24.7 Å². The number of esters is 1. The predicted octanol–water partition coefficient (Wildman–Crippen LogP) is 9.58. The van der Waals surface area contributed by atoms with Crippen LogP contribution in [0.25, 0.3) is 0 Å². The van der Waals surface area contributed by atoms with Crippen LogP contribution in [0.4, 0.5) is 26.3 Å². The summed E-state index contributed by atoms with van der Waals surface area (Å²) in [5, 5.41) is 0. The summed E-state index contributed by atoms with van der Waals surface area (Å²) in [5.41, 5.74) is -6.70. The molecule has 0 aliphatic carbocycles. The number of halogens is 10. The third kappa shape index (κ3) is 5.94. The lowest BCUT2D eigenvalue weighted by Crippen LogP contribution is -2.54. The van der Waals surface area contributed by atoms with E-state index in [2.05, 4.69) is 63.7 Å². The van der Waals surface area contributed by atoms with Crippen LogP contribution < -0.4 is 9.47 Å². The number of rotatable bonds is 6. The Morgan fingerprint density at radius 3 is 1.49 bits per heavy atom. The van der Waals surface area contributed by atoms with Gasteiger partial charge in [0.05, 0.1) is 30.6 Å². The molecule has 39 heavy (non-hydrogen) atoms. The van der Waals surface area contributed by atoms with Crippen LogP contribution in [0, 0.1) is 0 Å². The van der Waals surface area contributed by atoms with Crippen molar-refractivity contribution < 1.29 is 45.4 Å². The molecule has 0 aromatic heterocycles. The van der Waals surface area contributed by atoms with Crippen LogP contribution >= 0.6 is 63.7 Å². The summed E-state index contributed by atoms with van der Waals surface area (Å²) < 4.78 is 97.2.